The molecule has 2 aromatic carbocycles. The molecule has 0 aliphatic rings. The van der Waals surface area contributed by atoms with E-state index in [1.165, 1.54) is 0 Å². The molecule has 5 nitrogen and oxygen atoms in total. The fourth-order valence-corrected chi connectivity index (χ4v) is 3.86. The molecule has 0 bridgehead atoms. The lowest BCUT2D eigenvalue weighted by atomic mass is 10.00. The van der Waals surface area contributed by atoms with Crippen LogP contribution in [0.4, 0.5) is 0 Å². The number of carbonyl (C=O) groups excluding carboxylic acids is 1. The molecule has 0 saturated carbocycles. The maximum Gasteiger partial charge on any atom is 0.193 e. The summed E-state index contributed by atoms with van der Waals surface area (Å²) in [5.74, 6) is 0.932. The number of hydrogen-bond acceptors (Lipinski definition) is 4. The van der Waals surface area contributed by atoms with Gasteiger partial charge in [0.15, 0.2) is 11.4 Å². The van der Waals surface area contributed by atoms with E-state index in [4.69, 9.17) is 9.97 Å². The number of imidazole rings is 1. The first-order chi connectivity index (χ1) is 14.5. The van der Waals surface area contributed by atoms with Crippen LogP contribution in [0.5, 0.6) is 0 Å². The fourth-order valence-electron chi connectivity index (χ4n) is 3.86. The molecule has 30 heavy (non-hydrogen) atoms. The predicted molar refractivity (Wildman–Crippen MR) is 118 cm³/mol. The van der Waals surface area contributed by atoms with E-state index in [1.807, 2.05) is 31.2 Å². The maximum absolute atomic E-state index is 13.0. The lowest BCUT2D eigenvalue weighted by molar-refractivity contribution is 0.103. The van der Waals surface area contributed by atoms with Gasteiger partial charge in [-0.2, -0.15) is 0 Å². The Morgan fingerprint density at radius 3 is 2.30 bits per heavy atom. The summed E-state index contributed by atoms with van der Waals surface area (Å²) >= 11 is 0. The molecule has 0 fully saturated rings. The number of aromatic nitrogens is 3. The summed E-state index contributed by atoms with van der Waals surface area (Å²) in [7, 11) is 0. The highest BCUT2D eigenvalue weighted by Gasteiger charge is 2.15. The molecule has 5 heteroatoms. The third-order valence-corrected chi connectivity index (χ3v) is 5.32. The number of ketones is 1. The van der Waals surface area contributed by atoms with Crippen LogP contribution in [0, 0.1) is 13.8 Å². The van der Waals surface area contributed by atoms with Crippen molar-refractivity contribution in [3.8, 4) is 0 Å². The smallest absolute Gasteiger partial charge is 0.193 e. The topological polar surface area (TPSA) is 68.0 Å². The Hall–Kier alpha value is -3.31. The van der Waals surface area contributed by atoms with Crippen molar-refractivity contribution >= 4 is 16.9 Å². The van der Waals surface area contributed by atoms with Gasteiger partial charge in [0.1, 0.15) is 11.3 Å². The predicted octanol–water partition coefficient (Wildman–Crippen LogP) is 4.38. The number of fused-ring (bicyclic) bond motifs is 1. The van der Waals surface area contributed by atoms with Crippen LogP contribution in [0.25, 0.3) is 11.2 Å². The van der Waals surface area contributed by atoms with Gasteiger partial charge in [0.25, 0.3) is 0 Å². The van der Waals surface area contributed by atoms with Crippen LogP contribution in [0.1, 0.15) is 51.1 Å². The summed E-state index contributed by atoms with van der Waals surface area (Å²) in [5.41, 5.74) is 6.87. The van der Waals surface area contributed by atoms with Gasteiger partial charge < -0.3 is 9.67 Å². The van der Waals surface area contributed by atoms with Gasteiger partial charge in [-0.15, -0.1) is 0 Å². The molecule has 2 heterocycles. The molecule has 0 unspecified atom stereocenters. The van der Waals surface area contributed by atoms with Crippen molar-refractivity contribution in [2.75, 3.05) is 0 Å². The monoisotopic (exact) mass is 399 g/mol. The van der Waals surface area contributed by atoms with E-state index in [1.54, 1.807) is 24.3 Å². The Balaban J connectivity index is 1.71. The van der Waals surface area contributed by atoms with Crippen molar-refractivity contribution in [3.63, 3.8) is 0 Å². The minimum Gasteiger partial charge on any atom is -0.392 e. The van der Waals surface area contributed by atoms with Crippen molar-refractivity contribution in [2.45, 2.75) is 40.3 Å². The summed E-state index contributed by atoms with van der Waals surface area (Å²) in [6.45, 7) is 6.67. The Morgan fingerprint density at radius 1 is 0.967 bits per heavy atom. The Bertz CT molecular complexity index is 1240. The number of pyridine rings is 1. The van der Waals surface area contributed by atoms with Gasteiger partial charge in [-0.1, -0.05) is 43.3 Å². The summed E-state index contributed by atoms with van der Waals surface area (Å²) in [6.07, 6.45) is 0.807. The van der Waals surface area contributed by atoms with E-state index in [0.29, 0.717) is 17.7 Å². The Labute approximate surface area is 176 Å². The van der Waals surface area contributed by atoms with E-state index >= 15 is 0 Å². The van der Waals surface area contributed by atoms with Crippen LogP contribution < -0.4 is 0 Å². The number of rotatable bonds is 6. The quantitative estimate of drug-likeness (QED) is 0.489. The molecule has 0 aliphatic heterocycles. The minimum atomic E-state index is -0.0828. The van der Waals surface area contributed by atoms with Crippen molar-refractivity contribution in [1.82, 2.24) is 14.5 Å². The van der Waals surface area contributed by atoms with Crippen LogP contribution in [-0.2, 0) is 19.6 Å². The molecule has 0 amide bonds. The highest BCUT2D eigenvalue weighted by atomic mass is 16.3. The van der Waals surface area contributed by atoms with Crippen molar-refractivity contribution < 1.29 is 9.90 Å². The second-order valence-electron chi connectivity index (χ2n) is 7.61. The molecular formula is C25H25N3O2. The first kappa shape index (κ1) is 20.0. The van der Waals surface area contributed by atoms with E-state index in [0.717, 1.165) is 45.8 Å². The third-order valence-electron chi connectivity index (χ3n) is 5.32. The number of aryl methyl sites for hydroxylation is 3. The summed E-state index contributed by atoms with van der Waals surface area (Å²) < 4.78 is 2.14. The summed E-state index contributed by atoms with van der Waals surface area (Å²) in [5, 5.41) is 9.35. The van der Waals surface area contributed by atoms with Gasteiger partial charge >= 0.3 is 0 Å². The largest absolute Gasteiger partial charge is 0.392 e. The zero-order chi connectivity index (χ0) is 21.3. The molecule has 0 aliphatic carbocycles. The van der Waals surface area contributed by atoms with Gasteiger partial charge in [0, 0.05) is 23.2 Å². The molecule has 2 aromatic heterocycles. The fraction of sp³-hybridized carbons (Fsp3) is 0.240. The lowest BCUT2D eigenvalue weighted by Gasteiger charge is -2.10. The number of benzene rings is 2. The summed E-state index contributed by atoms with van der Waals surface area (Å²) in [6, 6.07) is 16.9. The highest BCUT2D eigenvalue weighted by molar-refractivity contribution is 6.09. The third kappa shape index (κ3) is 3.76. The van der Waals surface area contributed by atoms with E-state index in [9.17, 15) is 9.90 Å². The Morgan fingerprint density at radius 2 is 1.63 bits per heavy atom. The minimum absolute atomic E-state index is 0.0526. The molecule has 1 N–H and O–H groups in total. The first-order valence-corrected chi connectivity index (χ1v) is 10.2. The van der Waals surface area contributed by atoms with Gasteiger partial charge in [-0.3, -0.25) is 4.79 Å². The summed E-state index contributed by atoms with van der Waals surface area (Å²) in [4.78, 5) is 22.5. The highest BCUT2D eigenvalue weighted by Crippen LogP contribution is 2.22. The van der Waals surface area contributed by atoms with Gasteiger partial charge in [-0.25, -0.2) is 9.97 Å². The van der Waals surface area contributed by atoms with E-state index in [2.05, 4.69) is 24.5 Å². The van der Waals surface area contributed by atoms with E-state index < -0.39 is 0 Å². The zero-order valence-corrected chi connectivity index (χ0v) is 17.5. The molecule has 0 saturated heterocycles. The zero-order valence-electron chi connectivity index (χ0n) is 17.5. The second kappa shape index (κ2) is 8.20. The number of aliphatic hydroxyl groups is 1. The molecular weight excluding hydrogens is 374 g/mol. The van der Waals surface area contributed by atoms with Gasteiger partial charge in [0.2, 0.25) is 0 Å². The number of aliphatic hydroxyl groups excluding tert-OH is 1. The average molecular weight is 399 g/mol. The first-order valence-electron chi connectivity index (χ1n) is 10.2. The van der Waals surface area contributed by atoms with Gasteiger partial charge in [-0.05, 0) is 48.7 Å². The van der Waals surface area contributed by atoms with Gasteiger partial charge in [0.05, 0.1) is 13.2 Å². The van der Waals surface area contributed by atoms with Crippen molar-refractivity contribution in [3.05, 3.63) is 93.9 Å². The van der Waals surface area contributed by atoms with Crippen LogP contribution >= 0.6 is 0 Å². The molecule has 0 atom stereocenters. The molecule has 4 rings (SSSR count). The molecule has 152 valence electrons. The average Bonchev–Trinajstić information content (AvgIpc) is 3.11. The van der Waals surface area contributed by atoms with Crippen LogP contribution in [0.15, 0.2) is 54.6 Å². The van der Waals surface area contributed by atoms with Crippen molar-refractivity contribution in [1.29, 1.82) is 0 Å². The van der Waals surface area contributed by atoms with Crippen LogP contribution in [-0.4, -0.2) is 25.4 Å². The van der Waals surface area contributed by atoms with Crippen molar-refractivity contribution in [2.24, 2.45) is 0 Å². The standard InChI is InChI=1S/C25H25N3O2/c1-4-22-27-23-16(2)11-17(3)26-25(23)28(22)14-18-7-5-9-20(12-18)24(30)21-10-6-8-19(13-21)15-29/h5-13,29H,4,14-15H2,1-3H3. The number of hydrogen-bond donors (Lipinski definition) is 1. The normalized spacial score (nSPS) is 11.2. The SMILES string of the molecule is CCc1nc2c(C)cc(C)nc2n1Cc1cccc(C(=O)c2cccc(CO)c2)c1. The van der Waals surface area contributed by atoms with E-state index in [-0.39, 0.29) is 12.4 Å². The lowest BCUT2D eigenvalue weighted by Crippen LogP contribution is -2.07. The van der Waals surface area contributed by atoms with Crippen LogP contribution in [0.2, 0.25) is 0 Å². The molecule has 0 spiro atoms. The maximum atomic E-state index is 13.0. The van der Waals surface area contributed by atoms with Crippen LogP contribution in [0.3, 0.4) is 0 Å². The second-order valence-corrected chi connectivity index (χ2v) is 7.61. The number of nitrogens with zero attached hydrogens (tertiary/aromatic N) is 3. The molecule has 4 aromatic rings. The number of carbonyl (C=O) groups is 1. The molecule has 0 radical (unpaired) electrons. The Kier molecular flexibility index (Phi) is 5.46.